The summed E-state index contributed by atoms with van der Waals surface area (Å²) in [6, 6.07) is 8.93. The van der Waals surface area contributed by atoms with E-state index in [0.717, 1.165) is 0 Å². The van der Waals surface area contributed by atoms with Crippen molar-refractivity contribution in [2.24, 2.45) is 0 Å². The van der Waals surface area contributed by atoms with Crippen molar-refractivity contribution >= 4 is 28.9 Å². The number of thiocarbonyl (C=S) groups is 1. The van der Waals surface area contributed by atoms with Crippen LogP contribution in [0.25, 0.3) is 5.76 Å². The number of hydrogen-bond donors (Lipinski definition) is 2. The fourth-order valence-corrected chi connectivity index (χ4v) is 0.918. The third-order valence-electron chi connectivity index (χ3n) is 1.51. The Hall–Kier alpha value is -1.68. The largest absolute Gasteiger partial charge is 0.377 e. The first kappa shape index (κ1) is 11.4. The van der Waals surface area contributed by atoms with E-state index in [2.05, 4.69) is 11.0 Å². The van der Waals surface area contributed by atoms with Crippen LogP contribution in [0.5, 0.6) is 0 Å². The maximum atomic E-state index is 10.6. The van der Waals surface area contributed by atoms with E-state index in [1.807, 2.05) is 6.07 Å². The van der Waals surface area contributed by atoms with Gasteiger partial charge in [0.2, 0.25) is 5.76 Å². The van der Waals surface area contributed by atoms with Gasteiger partial charge in [0.15, 0.2) is 5.94 Å². The smallest absolute Gasteiger partial charge is 0.239 e. The summed E-state index contributed by atoms with van der Waals surface area (Å²) in [6.07, 6.45) is 0. The zero-order valence-electron chi connectivity index (χ0n) is 8.11. The van der Waals surface area contributed by atoms with Crippen LogP contribution in [0.1, 0.15) is 12.5 Å². The van der Waals surface area contributed by atoms with Crippen LogP contribution in [0.4, 0.5) is 0 Å². The van der Waals surface area contributed by atoms with Crippen molar-refractivity contribution in [1.82, 2.24) is 11.0 Å². The summed E-state index contributed by atoms with van der Waals surface area (Å²) in [6.45, 7) is 1.68. The van der Waals surface area contributed by atoms with Crippen LogP contribution in [-0.4, -0.2) is 10.9 Å². The summed E-state index contributed by atoms with van der Waals surface area (Å²) in [5, 5.41) is 0. The van der Waals surface area contributed by atoms with Crippen molar-refractivity contribution in [2.45, 2.75) is 6.92 Å². The third kappa shape index (κ3) is 3.91. The molecule has 0 aliphatic heterocycles. The van der Waals surface area contributed by atoms with E-state index < -0.39 is 0 Å². The quantitative estimate of drug-likeness (QED) is 0.347. The molecule has 0 saturated heterocycles. The van der Waals surface area contributed by atoms with Gasteiger partial charge >= 0.3 is 0 Å². The van der Waals surface area contributed by atoms with E-state index >= 15 is 0 Å². The molecular formula is C10H10N2O2S. The molecule has 0 unspecified atom stereocenters. The molecule has 0 bridgehead atoms. The maximum absolute atomic E-state index is 10.6. The number of hydrazine groups is 1. The molecule has 0 saturated carbocycles. The van der Waals surface area contributed by atoms with Gasteiger partial charge in [0.1, 0.15) is 0 Å². The molecule has 0 aliphatic rings. The molecule has 4 nitrogen and oxygen atoms in total. The Balaban J connectivity index is 2.59. The van der Waals surface area contributed by atoms with E-state index in [9.17, 15) is 4.79 Å². The number of carbonyl (C=O) groups excluding carboxylic acids is 1. The molecule has 5 heteroatoms. The first-order valence-corrected chi connectivity index (χ1v) is 4.64. The molecule has 1 rings (SSSR count). The fraction of sp³-hybridized carbons (Fsp3) is 0.100. The summed E-state index contributed by atoms with van der Waals surface area (Å²) in [4.78, 5) is 16.0. The molecule has 2 N–H and O–H groups in total. The fourth-order valence-electron chi connectivity index (χ4n) is 0.877. The lowest BCUT2D eigenvalue weighted by Crippen LogP contribution is -2.34. The molecule has 0 atom stereocenters. The van der Waals surface area contributed by atoms with E-state index in [1.54, 1.807) is 37.1 Å². The topological polar surface area (TPSA) is 50.4 Å². The van der Waals surface area contributed by atoms with Crippen molar-refractivity contribution in [1.29, 1.82) is 0 Å². The lowest BCUT2D eigenvalue weighted by molar-refractivity contribution is 0.140. The molecule has 0 aromatic heterocycles. The summed E-state index contributed by atoms with van der Waals surface area (Å²) >= 11 is 4.74. The maximum Gasteiger partial charge on any atom is 0.239 e. The minimum Gasteiger partial charge on any atom is -0.377 e. The molecule has 0 spiro atoms. The van der Waals surface area contributed by atoms with E-state index in [4.69, 9.17) is 17.1 Å². The molecular weight excluding hydrogens is 212 g/mol. The SMILES string of the molecule is CC(=S)NNOC(=C=O)c1ccccc1. The van der Waals surface area contributed by atoms with Gasteiger partial charge in [0.05, 0.1) is 4.99 Å². The molecule has 1 aromatic rings. The Morgan fingerprint density at radius 2 is 2.07 bits per heavy atom. The Bertz CT molecular complexity index is 386. The third-order valence-corrected chi connectivity index (χ3v) is 1.61. The number of benzene rings is 1. The highest BCUT2D eigenvalue weighted by Crippen LogP contribution is 2.09. The van der Waals surface area contributed by atoms with Crippen LogP contribution in [0.15, 0.2) is 30.3 Å². The molecule has 0 amide bonds. The lowest BCUT2D eigenvalue weighted by atomic mass is 10.2. The van der Waals surface area contributed by atoms with Gasteiger partial charge in [-0.25, -0.2) is 4.79 Å². The van der Waals surface area contributed by atoms with Crippen LogP contribution in [0.3, 0.4) is 0 Å². The number of rotatable bonds is 4. The molecule has 0 heterocycles. The van der Waals surface area contributed by atoms with E-state index in [1.165, 1.54) is 0 Å². The Morgan fingerprint density at radius 3 is 2.60 bits per heavy atom. The minimum absolute atomic E-state index is 0.0688. The highest BCUT2D eigenvalue weighted by molar-refractivity contribution is 7.80. The van der Waals surface area contributed by atoms with Gasteiger partial charge in [0.25, 0.3) is 0 Å². The summed E-state index contributed by atoms with van der Waals surface area (Å²) in [5.74, 6) is 1.76. The van der Waals surface area contributed by atoms with Crippen molar-refractivity contribution in [3.63, 3.8) is 0 Å². The van der Waals surface area contributed by atoms with Crippen molar-refractivity contribution in [3.8, 4) is 0 Å². The van der Waals surface area contributed by atoms with E-state index in [0.29, 0.717) is 10.6 Å². The van der Waals surface area contributed by atoms with Gasteiger partial charge in [-0.2, -0.15) is 0 Å². The van der Waals surface area contributed by atoms with Gasteiger partial charge in [-0.05, 0) is 6.92 Å². The Labute approximate surface area is 92.9 Å². The second-order valence-electron chi connectivity index (χ2n) is 2.68. The van der Waals surface area contributed by atoms with Gasteiger partial charge < -0.3 is 4.84 Å². The highest BCUT2D eigenvalue weighted by atomic mass is 32.1. The molecule has 78 valence electrons. The zero-order valence-corrected chi connectivity index (χ0v) is 8.93. The average molecular weight is 222 g/mol. The molecule has 0 aliphatic carbocycles. The minimum atomic E-state index is 0.0688. The van der Waals surface area contributed by atoms with Crippen molar-refractivity contribution in [2.75, 3.05) is 0 Å². The van der Waals surface area contributed by atoms with Gasteiger partial charge in [-0.1, -0.05) is 48.1 Å². The monoisotopic (exact) mass is 222 g/mol. The first-order valence-electron chi connectivity index (χ1n) is 4.23. The predicted octanol–water partition coefficient (Wildman–Crippen LogP) is 1.23. The molecule has 0 fully saturated rings. The number of nitrogens with one attached hydrogen (secondary N) is 2. The van der Waals surface area contributed by atoms with Gasteiger partial charge in [-0.3, -0.25) is 5.43 Å². The predicted molar refractivity (Wildman–Crippen MR) is 61.2 cm³/mol. The van der Waals surface area contributed by atoms with Crippen molar-refractivity contribution in [3.05, 3.63) is 35.9 Å². The van der Waals surface area contributed by atoms with Gasteiger partial charge in [0, 0.05) is 5.56 Å². The van der Waals surface area contributed by atoms with E-state index in [-0.39, 0.29) is 5.76 Å². The van der Waals surface area contributed by atoms with Gasteiger partial charge in [-0.15, -0.1) is 0 Å². The van der Waals surface area contributed by atoms with Crippen molar-refractivity contribution < 1.29 is 9.63 Å². The normalized spacial score (nSPS) is 8.87. The van der Waals surface area contributed by atoms with Crippen LogP contribution in [0.2, 0.25) is 0 Å². The Morgan fingerprint density at radius 1 is 1.40 bits per heavy atom. The second kappa shape index (κ2) is 5.93. The molecule has 15 heavy (non-hydrogen) atoms. The first-order chi connectivity index (χ1) is 7.24. The second-order valence-corrected chi connectivity index (χ2v) is 3.29. The lowest BCUT2D eigenvalue weighted by Gasteiger charge is -2.08. The van der Waals surface area contributed by atoms with Crippen LogP contribution in [-0.2, 0) is 9.63 Å². The average Bonchev–Trinajstić information content (AvgIpc) is 2.25. The number of hydrogen-bond acceptors (Lipinski definition) is 4. The standard InChI is InChI=1S/C10H10N2O2S/c1-8(15)11-12-14-10(7-13)9-5-3-2-4-6-9/h2-6,12H,1H3,(H,11,15). The highest BCUT2D eigenvalue weighted by Gasteiger charge is 2.02. The molecule has 0 radical (unpaired) electrons. The summed E-state index contributed by atoms with van der Waals surface area (Å²) in [5.41, 5.74) is 5.53. The molecule has 1 aromatic carbocycles. The Kier molecular flexibility index (Phi) is 4.50. The van der Waals surface area contributed by atoms with Crippen LogP contribution < -0.4 is 11.0 Å². The zero-order chi connectivity index (χ0) is 11.1. The summed E-state index contributed by atoms with van der Waals surface area (Å²) < 4.78 is 0. The van der Waals surface area contributed by atoms with Crippen LogP contribution >= 0.6 is 12.2 Å². The summed E-state index contributed by atoms with van der Waals surface area (Å²) in [7, 11) is 0. The van der Waals surface area contributed by atoms with Crippen LogP contribution in [0, 0.1) is 0 Å².